The van der Waals surface area contributed by atoms with Gasteiger partial charge in [-0.25, -0.2) is 14.4 Å². The molecule has 1 N–H and O–H groups in total. The van der Waals surface area contributed by atoms with Crippen LogP contribution in [0.4, 0.5) is 15.9 Å². The Labute approximate surface area is 236 Å². The third-order valence-electron chi connectivity index (χ3n) is 5.26. The summed E-state index contributed by atoms with van der Waals surface area (Å²) in [5.74, 6) is 6.31. The molecule has 0 saturated carbocycles. The lowest BCUT2D eigenvalue weighted by molar-refractivity contribution is 0.110. The standard InChI is InChI=1S/C28H24ClFN4O5S/c1-3-5-25(34-38-12-13-39-40(2,35)36)20-8-10-26-23(15-20)28(32-18-31-26)33-22-9-11-27(24(29)16-22)37-17-19-6-4-7-21(30)14-19/h4,6-11,14-16,18H,12-13,17H2,1-2H3,(H,31,32,33)/b34-25+. The van der Waals surface area contributed by atoms with E-state index in [1.165, 1.54) is 18.5 Å². The van der Waals surface area contributed by atoms with Gasteiger partial charge in [-0.1, -0.05) is 34.8 Å². The number of fused-ring (bicyclic) bond motifs is 1. The quantitative estimate of drug-likeness (QED) is 0.0815. The van der Waals surface area contributed by atoms with Gasteiger partial charge in [0.05, 0.1) is 16.8 Å². The fourth-order valence-electron chi connectivity index (χ4n) is 3.52. The van der Waals surface area contributed by atoms with Crippen LogP contribution in [-0.2, 0) is 25.7 Å². The van der Waals surface area contributed by atoms with E-state index in [0.717, 1.165) is 6.26 Å². The number of oxime groups is 1. The van der Waals surface area contributed by atoms with Crippen LogP contribution in [-0.4, -0.2) is 43.6 Å². The highest BCUT2D eigenvalue weighted by Gasteiger charge is 2.11. The van der Waals surface area contributed by atoms with Gasteiger partial charge >= 0.3 is 0 Å². The zero-order valence-electron chi connectivity index (χ0n) is 21.5. The molecule has 3 aromatic carbocycles. The zero-order chi connectivity index (χ0) is 28.5. The summed E-state index contributed by atoms with van der Waals surface area (Å²) >= 11 is 6.45. The second kappa shape index (κ2) is 13.2. The van der Waals surface area contributed by atoms with Crippen molar-refractivity contribution >= 4 is 49.8 Å². The summed E-state index contributed by atoms with van der Waals surface area (Å²) in [6.45, 7) is 1.58. The van der Waals surface area contributed by atoms with Crippen molar-refractivity contribution in [3.8, 4) is 17.6 Å². The van der Waals surface area contributed by atoms with Crippen molar-refractivity contribution in [3.05, 3.63) is 89.0 Å². The van der Waals surface area contributed by atoms with E-state index in [0.29, 0.717) is 50.0 Å². The Kier molecular flexibility index (Phi) is 9.50. The van der Waals surface area contributed by atoms with E-state index in [1.54, 1.807) is 49.4 Å². The Bertz CT molecular complexity index is 1720. The SMILES string of the molecule is CC#C/C(=N\OCCOS(C)(=O)=O)c1ccc2ncnc(Nc3ccc(OCc4cccc(F)c4)c(Cl)c3)c2c1. The summed E-state index contributed by atoms with van der Waals surface area (Å²) in [7, 11) is -3.57. The highest BCUT2D eigenvalue weighted by molar-refractivity contribution is 7.85. The fraction of sp³-hybridized carbons (Fsp3) is 0.179. The third kappa shape index (κ3) is 8.13. The molecule has 0 saturated heterocycles. The number of halogens is 2. The van der Waals surface area contributed by atoms with Crippen molar-refractivity contribution in [1.82, 2.24) is 9.97 Å². The van der Waals surface area contributed by atoms with E-state index in [4.69, 9.17) is 21.2 Å². The molecular formula is C28H24ClFN4O5S. The molecule has 0 radical (unpaired) electrons. The van der Waals surface area contributed by atoms with Crippen molar-refractivity contribution in [3.63, 3.8) is 0 Å². The molecule has 4 aromatic rings. The van der Waals surface area contributed by atoms with Crippen molar-refractivity contribution in [2.24, 2.45) is 5.16 Å². The number of nitrogens with zero attached hydrogens (tertiary/aromatic N) is 3. The third-order valence-corrected chi connectivity index (χ3v) is 6.15. The van der Waals surface area contributed by atoms with Crippen LogP contribution in [0.15, 0.2) is 72.1 Å². The maximum Gasteiger partial charge on any atom is 0.264 e. The summed E-state index contributed by atoms with van der Waals surface area (Å²) < 4.78 is 46.0. The van der Waals surface area contributed by atoms with Gasteiger partial charge in [0.2, 0.25) is 0 Å². The average Bonchev–Trinajstić information content (AvgIpc) is 2.91. The molecule has 0 bridgehead atoms. The van der Waals surface area contributed by atoms with Crippen LogP contribution >= 0.6 is 11.6 Å². The Morgan fingerprint density at radius 1 is 1.10 bits per heavy atom. The zero-order valence-corrected chi connectivity index (χ0v) is 23.1. The molecule has 1 heterocycles. The molecule has 0 aliphatic rings. The van der Waals surface area contributed by atoms with E-state index < -0.39 is 10.1 Å². The number of anilines is 2. The molecule has 12 heteroatoms. The van der Waals surface area contributed by atoms with Crippen molar-refractivity contribution in [2.45, 2.75) is 13.5 Å². The van der Waals surface area contributed by atoms with Gasteiger partial charge in [-0.2, -0.15) is 8.42 Å². The van der Waals surface area contributed by atoms with Crippen molar-refractivity contribution < 1.29 is 26.6 Å². The molecule has 0 aliphatic carbocycles. The molecule has 0 amide bonds. The first-order chi connectivity index (χ1) is 19.2. The monoisotopic (exact) mass is 582 g/mol. The van der Waals surface area contributed by atoms with Gasteiger partial charge in [-0.3, -0.25) is 4.18 Å². The second-order valence-electron chi connectivity index (χ2n) is 8.32. The van der Waals surface area contributed by atoms with E-state index in [-0.39, 0.29) is 25.6 Å². The van der Waals surface area contributed by atoms with Crippen molar-refractivity contribution in [1.29, 1.82) is 0 Å². The predicted molar refractivity (Wildman–Crippen MR) is 152 cm³/mol. The first-order valence-electron chi connectivity index (χ1n) is 11.9. The van der Waals surface area contributed by atoms with Gasteiger partial charge in [-0.05, 0) is 66.9 Å². The Hall–Kier alpha value is -4.24. The number of nitrogens with one attached hydrogen (secondary N) is 1. The van der Waals surface area contributed by atoms with Crippen LogP contribution in [0.25, 0.3) is 10.9 Å². The number of ether oxygens (including phenoxy) is 1. The molecule has 0 atom stereocenters. The minimum absolute atomic E-state index is 0.0752. The number of hydrogen-bond acceptors (Lipinski definition) is 9. The minimum atomic E-state index is -3.57. The minimum Gasteiger partial charge on any atom is -0.487 e. The Morgan fingerprint density at radius 2 is 1.95 bits per heavy atom. The van der Waals surface area contributed by atoms with Gasteiger partial charge < -0.3 is 14.9 Å². The molecular weight excluding hydrogens is 559 g/mol. The lowest BCUT2D eigenvalue weighted by Crippen LogP contribution is -2.09. The summed E-state index contributed by atoms with van der Waals surface area (Å²) in [5, 5.41) is 8.35. The van der Waals surface area contributed by atoms with Crippen LogP contribution in [0.2, 0.25) is 5.02 Å². The van der Waals surface area contributed by atoms with Crippen LogP contribution in [0.1, 0.15) is 18.1 Å². The average molecular weight is 583 g/mol. The molecule has 0 spiro atoms. The predicted octanol–water partition coefficient (Wildman–Crippen LogP) is 5.47. The highest BCUT2D eigenvalue weighted by Crippen LogP contribution is 2.31. The first-order valence-corrected chi connectivity index (χ1v) is 14.1. The number of benzene rings is 3. The van der Waals surface area contributed by atoms with E-state index in [2.05, 4.69) is 36.5 Å². The van der Waals surface area contributed by atoms with E-state index in [1.807, 2.05) is 6.07 Å². The van der Waals surface area contributed by atoms with Crippen LogP contribution in [0, 0.1) is 17.7 Å². The van der Waals surface area contributed by atoms with Gasteiger partial charge in [0.15, 0.2) is 5.71 Å². The van der Waals surface area contributed by atoms with E-state index in [9.17, 15) is 12.8 Å². The molecule has 9 nitrogen and oxygen atoms in total. The topological polar surface area (TPSA) is 112 Å². The Balaban J connectivity index is 1.52. The molecule has 4 rings (SSSR count). The smallest absolute Gasteiger partial charge is 0.264 e. The van der Waals surface area contributed by atoms with Gasteiger partial charge in [0.1, 0.15) is 43.5 Å². The molecule has 40 heavy (non-hydrogen) atoms. The highest BCUT2D eigenvalue weighted by atomic mass is 35.5. The second-order valence-corrected chi connectivity index (χ2v) is 10.4. The van der Waals surface area contributed by atoms with Crippen LogP contribution < -0.4 is 10.1 Å². The lowest BCUT2D eigenvalue weighted by Gasteiger charge is -2.12. The number of hydrogen-bond donors (Lipinski definition) is 1. The van der Waals surface area contributed by atoms with Gasteiger partial charge in [0, 0.05) is 16.6 Å². The van der Waals surface area contributed by atoms with Gasteiger partial charge in [-0.15, -0.1) is 0 Å². The first kappa shape index (κ1) is 28.8. The molecule has 0 unspecified atom stereocenters. The maximum absolute atomic E-state index is 13.4. The molecule has 0 fully saturated rings. The number of aromatic nitrogens is 2. The largest absolute Gasteiger partial charge is 0.487 e. The van der Waals surface area contributed by atoms with Crippen LogP contribution in [0.3, 0.4) is 0 Å². The summed E-state index contributed by atoms with van der Waals surface area (Å²) in [5.41, 5.74) is 2.99. The normalized spacial score (nSPS) is 11.6. The van der Waals surface area contributed by atoms with Crippen LogP contribution in [0.5, 0.6) is 5.75 Å². The van der Waals surface area contributed by atoms with E-state index >= 15 is 0 Å². The molecule has 1 aromatic heterocycles. The Morgan fingerprint density at radius 3 is 2.70 bits per heavy atom. The molecule has 206 valence electrons. The maximum atomic E-state index is 13.4. The fourth-order valence-corrected chi connectivity index (χ4v) is 4.13. The number of rotatable bonds is 11. The lowest BCUT2D eigenvalue weighted by atomic mass is 10.1. The van der Waals surface area contributed by atoms with Crippen molar-refractivity contribution in [2.75, 3.05) is 24.8 Å². The molecule has 0 aliphatic heterocycles. The summed E-state index contributed by atoms with van der Waals surface area (Å²) in [6, 6.07) is 16.8. The van der Waals surface area contributed by atoms with Gasteiger partial charge in [0.25, 0.3) is 10.1 Å². The summed E-state index contributed by atoms with van der Waals surface area (Å²) in [4.78, 5) is 13.9. The summed E-state index contributed by atoms with van der Waals surface area (Å²) in [6.07, 6.45) is 2.40.